The van der Waals surface area contributed by atoms with Crippen LogP contribution in [0.15, 0.2) is 30.6 Å². The van der Waals surface area contributed by atoms with Gasteiger partial charge in [-0.05, 0) is 12.1 Å². The van der Waals surface area contributed by atoms with Crippen LogP contribution in [0.25, 0.3) is 0 Å². The molecule has 1 aliphatic heterocycles. The molecule has 128 valence electrons. The first-order valence-corrected chi connectivity index (χ1v) is 7.79. The van der Waals surface area contributed by atoms with Crippen LogP contribution in [-0.2, 0) is 24.8 Å². The summed E-state index contributed by atoms with van der Waals surface area (Å²) in [6, 6.07) is 6.92. The van der Waals surface area contributed by atoms with Gasteiger partial charge in [0.2, 0.25) is 0 Å². The van der Waals surface area contributed by atoms with E-state index in [0.29, 0.717) is 24.5 Å². The number of hydrogen-bond acceptors (Lipinski definition) is 5. The van der Waals surface area contributed by atoms with Gasteiger partial charge >= 0.3 is 0 Å². The van der Waals surface area contributed by atoms with Crippen LogP contribution in [-0.4, -0.2) is 51.8 Å². The van der Waals surface area contributed by atoms with Gasteiger partial charge in [0, 0.05) is 19.2 Å². The number of aliphatic hydroxyl groups is 1. The zero-order valence-electron chi connectivity index (χ0n) is 13.8. The average Bonchev–Trinajstić information content (AvgIpc) is 2.99. The van der Waals surface area contributed by atoms with Crippen LogP contribution in [0.5, 0.6) is 11.5 Å². The van der Waals surface area contributed by atoms with Crippen LogP contribution >= 0.6 is 0 Å². The van der Waals surface area contributed by atoms with Crippen LogP contribution in [0, 0.1) is 0 Å². The fourth-order valence-electron chi connectivity index (χ4n) is 2.94. The lowest BCUT2D eigenvalue weighted by Gasteiger charge is -2.34. The summed E-state index contributed by atoms with van der Waals surface area (Å²) in [4.78, 5) is 18.5. The molecule has 1 aromatic carbocycles. The monoisotopic (exact) mass is 331 g/mol. The van der Waals surface area contributed by atoms with Gasteiger partial charge in [-0.1, -0.05) is 12.1 Å². The summed E-state index contributed by atoms with van der Waals surface area (Å²) in [6.45, 7) is 0.180. The number of methoxy groups -OCH3 is 1. The Morgan fingerprint density at radius 3 is 2.83 bits per heavy atom. The molecule has 0 spiro atoms. The third-order valence-electron chi connectivity index (χ3n) is 4.29. The number of rotatable bonds is 5. The molecule has 7 heteroatoms. The number of fused-ring (bicyclic) bond motifs is 1. The highest BCUT2D eigenvalue weighted by Crippen LogP contribution is 2.26. The number of aryl methyl sites for hydroxylation is 1. The lowest BCUT2D eigenvalue weighted by Crippen LogP contribution is -2.48. The van der Waals surface area contributed by atoms with E-state index in [1.807, 2.05) is 23.7 Å². The van der Waals surface area contributed by atoms with Gasteiger partial charge in [-0.2, -0.15) is 0 Å². The number of carbonyl (C=O) groups excluding carboxylic acids is 1. The van der Waals surface area contributed by atoms with E-state index in [4.69, 9.17) is 9.47 Å². The van der Waals surface area contributed by atoms with Crippen molar-refractivity contribution >= 4 is 5.91 Å². The Hall–Kier alpha value is -2.54. The minimum absolute atomic E-state index is 0.0922. The molecule has 0 saturated carbocycles. The molecule has 0 bridgehead atoms. The number of aromatic nitrogens is 2. The normalized spacial score (nSPS) is 16.6. The van der Waals surface area contributed by atoms with Gasteiger partial charge in [-0.3, -0.25) is 4.79 Å². The second-order valence-electron chi connectivity index (χ2n) is 5.75. The van der Waals surface area contributed by atoms with Crippen LogP contribution in [0.1, 0.15) is 11.4 Å². The van der Waals surface area contributed by atoms with E-state index in [0.717, 1.165) is 11.4 Å². The first kappa shape index (κ1) is 16.3. The predicted molar refractivity (Wildman–Crippen MR) is 86.8 cm³/mol. The summed E-state index contributed by atoms with van der Waals surface area (Å²) in [6.07, 6.45) is 2.32. The molecule has 3 rings (SSSR count). The topological polar surface area (TPSA) is 76.8 Å². The highest BCUT2D eigenvalue weighted by Gasteiger charge is 2.31. The predicted octanol–water partition coefficient (Wildman–Crippen LogP) is 0.753. The van der Waals surface area contributed by atoms with Crippen LogP contribution < -0.4 is 9.47 Å². The highest BCUT2D eigenvalue weighted by molar-refractivity contribution is 5.78. The fourth-order valence-corrected chi connectivity index (χ4v) is 2.94. The van der Waals surface area contributed by atoms with Crippen molar-refractivity contribution in [3.8, 4) is 11.5 Å². The summed E-state index contributed by atoms with van der Waals surface area (Å²) in [7, 11) is 3.47. The van der Waals surface area contributed by atoms with Crippen molar-refractivity contribution in [2.24, 2.45) is 7.05 Å². The molecule has 1 aromatic heterocycles. The highest BCUT2D eigenvalue weighted by atomic mass is 16.5. The molecule has 0 radical (unpaired) electrons. The van der Waals surface area contributed by atoms with Crippen molar-refractivity contribution in [2.75, 3.05) is 20.3 Å². The van der Waals surface area contributed by atoms with Crippen molar-refractivity contribution in [2.45, 2.75) is 19.0 Å². The number of carbonyl (C=O) groups is 1. The standard InChI is InChI=1S/C17H21N3O4/c1-19-11-18-13-8-20(12(9-21)7-14(13)19)17(22)10-24-16-6-4-3-5-15(16)23-2/h3-6,11-12,21H,7-10H2,1-2H3/t12-/m0/s1. The number of hydrogen-bond donors (Lipinski definition) is 1. The number of amides is 1. The first-order valence-electron chi connectivity index (χ1n) is 7.79. The molecule has 0 fully saturated rings. The largest absolute Gasteiger partial charge is 0.493 e. The Kier molecular flexibility index (Phi) is 4.71. The molecule has 2 aromatic rings. The molecular weight excluding hydrogens is 310 g/mol. The van der Waals surface area contributed by atoms with Crippen molar-refractivity contribution in [1.82, 2.24) is 14.5 Å². The van der Waals surface area contributed by atoms with E-state index < -0.39 is 0 Å². The molecule has 0 aliphatic carbocycles. The van der Waals surface area contributed by atoms with E-state index >= 15 is 0 Å². The van der Waals surface area contributed by atoms with Gasteiger partial charge < -0.3 is 24.0 Å². The molecule has 1 N–H and O–H groups in total. The van der Waals surface area contributed by atoms with Gasteiger partial charge in [-0.15, -0.1) is 0 Å². The molecule has 1 aliphatic rings. The van der Waals surface area contributed by atoms with Crippen LogP contribution in [0.4, 0.5) is 0 Å². The Labute approximate surface area is 140 Å². The summed E-state index contributed by atoms with van der Waals surface area (Å²) >= 11 is 0. The first-order chi connectivity index (χ1) is 11.6. The van der Waals surface area contributed by atoms with Crippen LogP contribution in [0.2, 0.25) is 0 Å². The molecule has 24 heavy (non-hydrogen) atoms. The Bertz CT molecular complexity index is 728. The van der Waals surface area contributed by atoms with Gasteiger partial charge in [0.1, 0.15) is 0 Å². The van der Waals surface area contributed by atoms with Gasteiger partial charge in [0.05, 0.1) is 38.3 Å². The van der Waals surface area contributed by atoms with Crippen molar-refractivity contribution < 1.29 is 19.4 Å². The van der Waals surface area contributed by atoms with E-state index in [9.17, 15) is 9.90 Å². The lowest BCUT2D eigenvalue weighted by atomic mass is 10.0. The Morgan fingerprint density at radius 1 is 1.38 bits per heavy atom. The second kappa shape index (κ2) is 6.92. The maximum Gasteiger partial charge on any atom is 0.261 e. The van der Waals surface area contributed by atoms with Gasteiger partial charge in [0.25, 0.3) is 5.91 Å². The van der Waals surface area contributed by atoms with E-state index in [1.165, 1.54) is 0 Å². The molecular formula is C17H21N3O4. The van der Waals surface area contributed by atoms with E-state index in [-0.39, 0.29) is 25.2 Å². The minimum Gasteiger partial charge on any atom is -0.493 e. The number of benzene rings is 1. The number of imidazole rings is 1. The summed E-state index contributed by atoms with van der Waals surface area (Å²) in [5.41, 5.74) is 1.93. The quantitative estimate of drug-likeness (QED) is 0.875. The third-order valence-corrected chi connectivity index (χ3v) is 4.29. The minimum atomic E-state index is -0.262. The maximum absolute atomic E-state index is 12.6. The second-order valence-corrected chi connectivity index (χ2v) is 5.75. The number of para-hydroxylation sites is 2. The molecule has 1 atom stereocenters. The molecule has 1 amide bonds. The summed E-state index contributed by atoms with van der Waals surface area (Å²) < 4.78 is 12.8. The Balaban J connectivity index is 1.70. The SMILES string of the molecule is COc1ccccc1OCC(=O)N1Cc2ncn(C)c2C[C@H]1CO. The van der Waals surface area contributed by atoms with Crippen molar-refractivity contribution in [1.29, 1.82) is 0 Å². The number of aliphatic hydroxyl groups excluding tert-OH is 1. The number of ether oxygens (including phenoxy) is 2. The van der Waals surface area contributed by atoms with E-state index in [2.05, 4.69) is 4.98 Å². The van der Waals surface area contributed by atoms with Crippen molar-refractivity contribution in [3.63, 3.8) is 0 Å². The summed E-state index contributed by atoms with van der Waals surface area (Å²) in [5.74, 6) is 0.912. The maximum atomic E-state index is 12.6. The molecule has 7 nitrogen and oxygen atoms in total. The van der Waals surface area contributed by atoms with Crippen LogP contribution in [0.3, 0.4) is 0 Å². The molecule has 2 heterocycles. The Morgan fingerprint density at radius 2 is 2.12 bits per heavy atom. The zero-order chi connectivity index (χ0) is 17.1. The van der Waals surface area contributed by atoms with Crippen molar-refractivity contribution in [3.05, 3.63) is 42.0 Å². The lowest BCUT2D eigenvalue weighted by molar-refractivity contribution is -0.138. The summed E-state index contributed by atoms with van der Waals surface area (Å²) in [5, 5.41) is 9.65. The zero-order valence-corrected chi connectivity index (χ0v) is 13.8. The fraction of sp³-hybridized carbons (Fsp3) is 0.412. The molecule has 0 unspecified atom stereocenters. The van der Waals surface area contributed by atoms with Gasteiger partial charge in [0.15, 0.2) is 18.1 Å². The smallest absolute Gasteiger partial charge is 0.261 e. The van der Waals surface area contributed by atoms with E-state index in [1.54, 1.807) is 30.5 Å². The average molecular weight is 331 g/mol. The number of nitrogens with zero attached hydrogens (tertiary/aromatic N) is 3. The molecule has 0 saturated heterocycles. The third kappa shape index (κ3) is 3.07. The van der Waals surface area contributed by atoms with Gasteiger partial charge in [-0.25, -0.2) is 4.98 Å².